The van der Waals surface area contributed by atoms with Crippen LogP contribution in [-0.2, 0) is 10.0 Å². The molecular formula is C11H8BrClN2O5S. The second kappa shape index (κ2) is 5.66. The first-order valence-electron chi connectivity index (χ1n) is 5.39. The third-order valence-corrected chi connectivity index (χ3v) is 5.00. The van der Waals surface area contributed by atoms with Crippen LogP contribution in [-0.4, -0.2) is 24.5 Å². The van der Waals surface area contributed by atoms with Gasteiger partial charge >= 0.3 is 5.97 Å². The number of sulfonamides is 1. The van der Waals surface area contributed by atoms with Gasteiger partial charge in [0.05, 0.1) is 5.69 Å². The summed E-state index contributed by atoms with van der Waals surface area (Å²) < 4.78 is 31.4. The van der Waals surface area contributed by atoms with E-state index < -0.39 is 21.8 Å². The molecule has 0 atom stereocenters. The third kappa shape index (κ3) is 3.20. The van der Waals surface area contributed by atoms with E-state index >= 15 is 0 Å². The van der Waals surface area contributed by atoms with E-state index in [9.17, 15) is 13.2 Å². The van der Waals surface area contributed by atoms with E-state index in [4.69, 9.17) is 21.1 Å². The number of hydrogen-bond acceptors (Lipinski definition) is 5. The zero-order chi connectivity index (χ0) is 15.8. The van der Waals surface area contributed by atoms with Gasteiger partial charge < -0.3 is 9.52 Å². The van der Waals surface area contributed by atoms with Crippen LogP contribution >= 0.6 is 27.5 Å². The first-order chi connectivity index (χ1) is 9.72. The van der Waals surface area contributed by atoms with Crippen molar-refractivity contribution < 1.29 is 22.7 Å². The lowest BCUT2D eigenvalue weighted by molar-refractivity contribution is 0.0661. The molecule has 0 fully saturated rings. The molecule has 0 aromatic carbocycles. The molecule has 2 N–H and O–H groups in total. The number of halogens is 2. The molecule has 0 bridgehead atoms. The molecule has 0 spiro atoms. The zero-order valence-electron chi connectivity index (χ0n) is 10.4. The van der Waals surface area contributed by atoms with Crippen LogP contribution in [0.3, 0.4) is 0 Å². The lowest BCUT2D eigenvalue weighted by Gasteiger charge is -2.10. The molecule has 0 amide bonds. The van der Waals surface area contributed by atoms with Gasteiger partial charge in [0.1, 0.15) is 4.90 Å². The molecule has 2 heterocycles. The van der Waals surface area contributed by atoms with Crippen molar-refractivity contribution in [2.24, 2.45) is 0 Å². The maximum atomic E-state index is 12.3. The second-order valence-corrected chi connectivity index (χ2v) is 6.68. The predicted molar refractivity (Wildman–Crippen MR) is 78.2 cm³/mol. The molecule has 10 heteroatoms. The summed E-state index contributed by atoms with van der Waals surface area (Å²) in [6.45, 7) is 1.65. The highest BCUT2D eigenvalue weighted by Gasteiger charge is 2.26. The van der Waals surface area contributed by atoms with Crippen molar-refractivity contribution in [1.29, 1.82) is 0 Å². The highest BCUT2D eigenvalue weighted by molar-refractivity contribution is 9.10. The fourth-order valence-corrected chi connectivity index (χ4v) is 3.87. The molecule has 0 saturated carbocycles. The van der Waals surface area contributed by atoms with E-state index in [0.29, 0.717) is 5.56 Å². The van der Waals surface area contributed by atoms with Gasteiger partial charge in [0.25, 0.3) is 10.0 Å². The van der Waals surface area contributed by atoms with Crippen molar-refractivity contribution in [3.63, 3.8) is 0 Å². The van der Waals surface area contributed by atoms with Gasteiger partial charge in [-0.1, -0.05) is 11.6 Å². The molecule has 2 aromatic rings. The summed E-state index contributed by atoms with van der Waals surface area (Å²) in [6.07, 6.45) is 1.44. The molecule has 0 aliphatic carbocycles. The number of carbonyl (C=O) groups is 1. The van der Waals surface area contributed by atoms with Crippen LogP contribution in [0.4, 0.5) is 5.69 Å². The minimum Gasteiger partial charge on any atom is -0.475 e. The van der Waals surface area contributed by atoms with Crippen molar-refractivity contribution in [2.75, 3.05) is 4.72 Å². The molecule has 0 saturated heterocycles. The Morgan fingerprint density at radius 2 is 2.19 bits per heavy atom. The van der Waals surface area contributed by atoms with Gasteiger partial charge in [-0.25, -0.2) is 18.2 Å². The quantitative estimate of drug-likeness (QED) is 0.770. The van der Waals surface area contributed by atoms with Gasteiger partial charge in [-0.3, -0.25) is 4.72 Å². The van der Waals surface area contributed by atoms with Gasteiger partial charge in [-0.05, 0) is 34.5 Å². The molecule has 0 radical (unpaired) electrons. The topological polar surface area (TPSA) is 110 Å². The smallest absolute Gasteiger partial charge is 0.371 e. The fourth-order valence-electron chi connectivity index (χ4n) is 1.48. The molecule has 21 heavy (non-hydrogen) atoms. The molecule has 0 unspecified atom stereocenters. The minimum atomic E-state index is -4.08. The zero-order valence-corrected chi connectivity index (χ0v) is 13.6. The largest absolute Gasteiger partial charge is 0.475 e. The molecular weight excluding hydrogens is 388 g/mol. The average Bonchev–Trinajstić information content (AvgIpc) is 2.77. The van der Waals surface area contributed by atoms with Crippen molar-refractivity contribution in [3.05, 3.63) is 39.5 Å². The Kier molecular flexibility index (Phi) is 4.26. The lowest BCUT2D eigenvalue weighted by Crippen LogP contribution is -2.14. The summed E-state index contributed by atoms with van der Waals surface area (Å²) in [5, 5.41) is 8.79. The second-order valence-electron chi connectivity index (χ2n) is 3.95. The van der Waals surface area contributed by atoms with E-state index in [-0.39, 0.29) is 20.4 Å². The van der Waals surface area contributed by atoms with Crippen LogP contribution in [0.15, 0.2) is 32.3 Å². The van der Waals surface area contributed by atoms with Crippen LogP contribution in [0.5, 0.6) is 0 Å². The predicted octanol–water partition coefficient (Wildman–Crippen LogP) is 2.90. The number of carboxylic acid groups (broad SMARTS) is 1. The Labute approximate surface area is 133 Å². The maximum absolute atomic E-state index is 12.3. The highest BCUT2D eigenvalue weighted by Crippen LogP contribution is 2.30. The molecule has 0 aliphatic heterocycles. The van der Waals surface area contributed by atoms with Crippen molar-refractivity contribution in [1.82, 2.24) is 4.98 Å². The summed E-state index contributed by atoms with van der Waals surface area (Å²) in [4.78, 5) is 14.2. The SMILES string of the molecule is Cc1ccnc(Cl)c1NS(=O)(=O)c1cc(C(=O)O)oc1Br. The van der Waals surface area contributed by atoms with Crippen LogP contribution in [0.2, 0.25) is 5.15 Å². The number of aromatic carboxylic acids is 1. The van der Waals surface area contributed by atoms with Crippen molar-refractivity contribution in [2.45, 2.75) is 11.8 Å². The first kappa shape index (κ1) is 15.8. The van der Waals surface area contributed by atoms with Crippen LogP contribution in [0, 0.1) is 6.92 Å². The summed E-state index contributed by atoms with van der Waals surface area (Å²) >= 11 is 8.73. The highest BCUT2D eigenvalue weighted by atomic mass is 79.9. The summed E-state index contributed by atoms with van der Waals surface area (Å²) in [7, 11) is -4.08. The van der Waals surface area contributed by atoms with Gasteiger partial charge in [0.2, 0.25) is 5.76 Å². The van der Waals surface area contributed by atoms with Gasteiger partial charge in [-0.2, -0.15) is 0 Å². The third-order valence-electron chi connectivity index (χ3n) is 2.51. The number of furan rings is 1. The minimum absolute atomic E-state index is 0.0170. The number of aryl methyl sites for hydroxylation is 1. The van der Waals surface area contributed by atoms with Crippen LogP contribution in [0.1, 0.15) is 16.1 Å². The summed E-state index contributed by atoms with van der Waals surface area (Å²) in [5.74, 6) is -1.89. The van der Waals surface area contributed by atoms with Gasteiger partial charge in [0.15, 0.2) is 9.82 Å². The number of hydrogen-bond donors (Lipinski definition) is 2. The molecule has 2 rings (SSSR count). The molecule has 7 nitrogen and oxygen atoms in total. The van der Waals surface area contributed by atoms with E-state index in [1.807, 2.05) is 0 Å². The monoisotopic (exact) mass is 394 g/mol. The van der Waals surface area contributed by atoms with Crippen LogP contribution in [0.25, 0.3) is 0 Å². The lowest BCUT2D eigenvalue weighted by atomic mass is 10.3. The number of anilines is 1. The van der Waals surface area contributed by atoms with E-state index in [0.717, 1.165) is 6.07 Å². The number of nitrogens with one attached hydrogen (secondary N) is 1. The van der Waals surface area contributed by atoms with E-state index in [1.54, 1.807) is 13.0 Å². The number of carboxylic acids is 1. The van der Waals surface area contributed by atoms with Crippen LogP contribution < -0.4 is 4.72 Å². The maximum Gasteiger partial charge on any atom is 0.371 e. The standard InChI is InChI=1S/C11H8BrClN2O5S/c1-5-2-3-14-10(13)8(5)15-21(18,19)7-4-6(11(16)17)20-9(7)12/h2-4,15H,1H3,(H,16,17). The van der Waals surface area contributed by atoms with E-state index in [2.05, 4.69) is 25.6 Å². The number of nitrogens with zero attached hydrogens (tertiary/aromatic N) is 1. The summed E-state index contributed by atoms with van der Waals surface area (Å²) in [6, 6.07) is 2.48. The van der Waals surface area contributed by atoms with Gasteiger partial charge in [0, 0.05) is 12.3 Å². The number of aromatic nitrogens is 1. The Hall–Kier alpha value is -1.58. The number of pyridine rings is 1. The Morgan fingerprint density at radius 1 is 1.52 bits per heavy atom. The number of rotatable bonds is 4. The molecule has 0 aliphatic rings. The molecule has 2 aromatic heterocycles. The normalized spacial score (nSPS) is 11.4. The Bertz CT molecular complexity index is 798. The van der Waals surface area contributed by atoms with Crippen molar-refractivity contribution >= 4 is 49.2 Å². The molecule has 112 valence electrons. The van der Waals surface area contributed by atoms with Crippen molar-refractivity contribution in [3.8, 4) is 0 Å². The fraction of sp³-hybridized carbons (Fsp3) is 0.0909. The Morgan fingerprint density at radius 3 is 2.71 bits per heavy atom. The van der Waals surface area contributed by atoms with E-state index in [1.165, 1.54) is 6.20 Å². The summed E-state index contributed by atoms with van der Waals surface area (Å²) in [5.41, 5.74) is 0.681. The Balaban J connectivity index is 2.46. The first-order valence-corrected chi connectivity index (χ1v) is 8.04. The van der Waals surface area contributed by atoms with Gasteiger partial charge in [-0.15, -0.1) is 0 Å². The average molecular weight is 396 g/mol.